The fraction of sp³-hybridized carbons (Fsp3) is 0.250. The van der Waals surface area contributed by atoms with Crippen molar-refractivity contribution in [2.24, 2.45) is 0 Å². The summed E-state index contributed by atoms with van der Waals surface area (Å²) < 4.78 is 1.68. The fourth-order valence-electron chi connectivity index (χ4n) is 1.58. The Labute approximate surface area is 115 Å². The third-order valence-electron chi connectivity index (χ3n) is 2.52. The molecule has 0 radical (unpaired) electrons. The molecule has 0 atom stereocenters. The van der Waals surface area contributed by atoms with Gasteiger partial charge < -0.3 is 10.4 Å². The summed E-state index contributed by atoms with van der Waals surface area (Å²) in [5.41, 5.74) is 0.174. The lowest BCUT2D eigenvalue weighted by Crippen LogP contribution is -2.25. The average molecular weight is 281 g/mol. The summed E-state index contributed by atoms with van der Waals surface area (Å²) in [5.74, 6) is -0.434. The van der Waals surface area contributed by atoms with Crippen molar-refractivity contribution >= 4 is 17.5 Å². The second-order valence-electron chi connectivity index (χ2n) is 3.94. The number of nitrogens with one attached hydrogen (secondary N) is 1. The van der Waals surface area contributed by atoms with Crippen molar-refractivity contribution in [2.45, 2.75) is 13.0 Å². The molecule has 1 amide bonds. The molecule has 100 valence electrons. The van der Waals surface area contributed by atoms with Gasteiger partial charge in [-0.3, -0.25) is 9.48 Å². The minimum atomic E-state index is -0.349. The van der Waals surface area contributed by atoms with E-state index in [1.165, 1.54) is 18.2 Å². The Bertz CT molecular complexity index is 557. The maximum Gasteiger partial charge on any atom is 0.255 e. The molecule has 2 N–H and O–H groups in total. The average Bonchev–Trinajstić information content (AvgIpc) is 2.90. The number of hydrogen-bond acceptors (Lipinski definition) is 4. The van der Waals surface area contributed by atoms with E-state index in [0.29, 0.717) is 18.1 Å². The molecule has 0 aliphatic heterocycles. The van der Waals surface area contributed by atoms with Gasteiger partial charge in [0.2, 0.25) is 0 Å². The van der Waals surface area contributed by atoms with Crippen molar-refractivity contribution in [2.75, 3.05) is 6.54 Å². The van der Waals surface area contributed by atoms with Crippen LogP contribution in [0.25, 0.3) is 0 Å². The molecule has 0 saturated heterocycles. The zero-order valence-corrected chi connectivity index (χ0v) is 10.8. The van der Waals surface area contributed by atoms with E-state index < -0.39 is 0 Å². The first-order chi connectivity index (χ1) is 9.16. The SMILES string of the molecule is O=C(NCCCn1ccnn1)c1cc(Cl)ccc1O. The number of hydrogen-bond donors (Lipinski definition) is 2. The molecule has 19 heavy (non-hydrogen) atoms. The van der Waals surface area contributed by atoms with Gasteiger partial charge in [0.1, 0.15) is 5.75 Å². The van der Waals surface area contributed by atoms with E-state index in [-0.39, 0.29) is 17.2 Å². The highest BCUT2D eigenvalue weighted by molar-refractivity contribution is 6.31. The number of benzene rings is 1. The van der Waals surface area contributed by atoms with Gasteiger partial charge in [-0.05, 0) is 24.6 Å². The van der Waals surface area contributed by atoms with E-state index in [4.69, 9.17) is 11.6 Å². The maximum atomic E-state index is 11.8. The Morgan fingerprint density at radius 1 is 1.47 bits per heavy atom. The number of aromatic hydroxyl groups is 1. The molecule has 0 spiro atoms. The van der Waals surface area contributed by atoms with Crippen molar-refractivity contribution in [1.82, 2.24) is 20.3 Å². The van der Waals surface area contributed by atoms with Crippen LogP contribution in [-0.4, -0.2) is 32.6 Å². The van der Waals surface area contributed by atoms with Crippen LogP contribution < -0.4 is 5.32 Å². The van der Waals surface area contributed by atoms with Crippen LogP contribution in [-0.2, 0) is 6.54 Å². The first-order valence-corrected chi connectivity index (χ1v) is 6.15. The minimum absolute atomic E-state index is 0.0850. The first kappa shape index (κ1) is 13.4. The summed E-state index contributed by atoms with van der Waals surface area (Å²) in [7, 11) is 0. The number of carbonyl (C=O) groups is 1. The fourth-order valence-corrected chi connectivity index (χ4v) is 1.75. The smallest absolute Gasteiger partial charge is 0.255 e. The standard InChI is InChI=1S/C12H13ClN4O2/c13-9-2-3-11(18)10(8-9)12(19)14-4-1-6-17-7-5-15-16-17/h2-3,5,7-8,18H,1,4,6H2,(H,14,19). The summed E-state index contributed by atoms with van der Waals surface area (Å²) in [6, 6.07) is 4.36. The predicted octanol–water partition coefficient (Wildman–Crippen LogP) is 1.46. The molecule has 0 saturated carbocycles. The minimum Gasteiger partial charge on any atom is -0.507 e. The summed E-state index contributed by atoms with van der Waals surface area (Å²) in [5, 5.41) is 20.2. The third-order valence-corrected chi connectivity index (χ3v) is 2.76. The normalized spacial score (nSPS) is 10.4. The molecule has 0 aliphatic carbocycles. The van der Waals surface area contributed by atoms with Gasteiger partial charge in [0, 0.05) is 24.3 Å². The maximum absolute atomic E-state index is 11.8. The lowest BCUT2D eigenvalue weighted by atomic mass is 10.2. The Balaban J connectivity index is 1.82. The van der Waals surface area contributed by atoms with Crippen LogP contribution in [0, 0.1) is 0 Å². The molecule has 0 fully saturated rings. The number of carbonyl (C=O) groups excluding carboxylic acids is 1. The molecule has 0 unspecified atom stereocenters. The van der Waals surface area contributed by atoms with Crippen LogP contribution in [0.2, 0.25) is 5.02 Å². The molecular formula is C12H13ClN4O2. The zero-order valence-electron chi connectivity index (χ0n) is 10.1. The highest BCUT2D eigenvalue weighted by Crippen LogP contribution is 2.21. The number of phenols is 1. The zero-order chi connectivity index (χ0) is 13.7. The highest BCUT2D eigenvalue weighted by Gasteiger charge is 2.10. The molecule has 6 nitrogen and oxygen atoms in total. The van der Waals surface area contributed by atoms with Gasteiger partial charge in [-0.1, -0.05) is 16.8 Å². The summed E-state index contributed by atoms with van der Waals surface area (Å²) in [6.07, 6.45) is 4.07. The van der Waals surface area contributed by atoms with Crippen molar-refractivity contribution in [3.63, 3.8) is 0 Å². The number of phenolic OH excluding ortho intramolecular Hbond substituents is 1. The van der Waals surface area contributed by atoms with Gasteiger partial charge in [0.15, 0.2) is 0 Å². The van der Waals surface area contributed by atoms with Crippen LogP contribution in [0.1, 0.15) is 16.8 Å². The van der Waals surface area contributed by atoms with Crippen LogP contribution >= 0.6 is 11.6 Å². The van der Waals surface area contributed by atoms with Crippen molar-refractivity contribution < 1.29 is 9.90 Å². The number of aryl methyl sites for hydroxylation is 1. The van der Waals surface area contributed by atoms with E-state index >= 15 is 0 Å². The number of aromatic nitrogens is 3. The molecule has 1 aromatic carbocycles. The Morgan fingerprint density at radius 2 is 2.32 bits per heavy atom. The van der Waals surface area contributed by atoms with Crippen molar-refractivity contribution in [3.8, 4) is 5.75 Å². The van der Waals surface area contributed by atoms with Gasteiger partial charge in [-0.15, -0.1) is 5.10 Å². The molecular weight excluding hydrogens is 268 g/mol. The Hall–Kier alpha value is -2.08. The summed E-state index contributed by atoms with van der Waals surface area (Å²) in [6.45, 7) is 1.15. The van der Waals surface area contributed by atoms with Gasteiger partial charge in [-0.25, -0.2) is 0 Å². The van der Waals surface area contributed by atoms with Crippen molar-refractivity contribution in [1.29, 1.82) is 0 Å². The number of halogens is 1. The lowest BCUT2D eigenvalue weighted by Gasteiger charge is -2.07. The molecule has 1 heterocycles. The lowest BCUT2D eigenvalue weighted by molar-refractivity contribution is 0.0950. The first-order valence-electron chi connectivity index (χ1n) is 5.77. The van der Waals surface area contributed by atoms with E-state index in [0.717, 1.165) is 6.42 Å². The quantitative estimate of drug-likeness (QED) is 0.813. The van der Waals surface area contributed by atoms with E-state index in [1.807, 2.05) is 0 Å². The summed E-state index contributed by atoms with van der Waals surface area (Å²) >= 11 is 5.78. The van der Waals surface area contributed by atoms with Crippen LogP contribution in [0.5, 0.6) is 5.75 Å². The van der Waals surface area contributed by atoms with Crippen LogP contribution in [0.15, 0.2) is 30.6 Å². The molecule has 2 rings (SSSR count). The topological polar surface area (TPSA) is 80.0 Å². The highest BCUT2D eigenvalue weighted by atomic mass is 35.5. The van der Waals surface area contributed by atoms with Gasteiger partial charge in [0.05, 0.1) is 11.8 Å². The van der Waals surface area contributed by atoms with E-state index in [1.54, 1.807) is 17.1 Å². The van der Waals surface area contributed by atoms with Gasteiger partial charge in [0.25, 0.3) is 5.91 Å². The molecule has 2 aromatic rings. The van der Waals surface area contributed by atoms with Crippen LogP contribution in [0.3, 0.4) is 0 Å². The number of amides is 1. The monoisotopic (exact) mass is 280 g/mol. The number of rotatable bonds is 5. The van der Waals surface area contributed by atoms with Gasteiger partial charge >= 0.3 is 0 Å². The summed E-state index contributed by atoms with van der Waals surface area (Å²) in [4.78, 5) is 11.8. The Morgan fingerprint density at radius 3 is 3.05 bits per heavy atom. The molecule has 1 aromatic heterocycles. The largest absolute Gasteiger partial charge is 0.507 e. The van der Waals surface area contributed by atoms with E-state index in [2.05, 4.69) is 15.6 Å². The third kappa shape index (κ3) is 3.69. The molecule has 0 bridgehead atoms. The number of nitrogens with zero attached hydrogens (tertiary/aromatic N) is 3. The second-order valence-corrected chi connectivity index (χ2v) is 4.37. The van der Waals surface area contributed by atoms with Crippen LogP contribution in [0.4, 0.5) is 0 Å². The predicted molar refractivity (Wildman–Crippen MR) is 70.1 cm³/mol. The van der Waals surface area contributed by atoms with E-state index in [9.17, 15) is 9.90 Å². The van der Waals surface area contributed by atoms with Gasteiger partial charge in [-0.2, -0.15) is 0 Å². The van der Waals surface area contributed by atoms with Crippen molar-refractivity contribution in [3.05, 3.63) is 41.2 Å². The Kier molecular flexibility index (Phi) is 4.35. The molecule has 0 aliphatic rings. The molecule has 7 heteroatoms. The second kappa shape index (κ2) is 6.19.